The summed E-state index contributed by atoms with van der Waals surface area (Å²) in [5, 5.41) is 0. The quantitative estimate of drug-likeness (QED) is 0.601. The van der Waals surface area contributed by atoms with Gasteiger partial charge in [0, 0.05) is 0 Å². The Hall–Kier alpha value is -0.780. The van der Waals surface area contributed by atoms with Gasteiger partial charge in [0.05, 0.1) is 0 Å². The largest absolute Gasteiger partial charge is 0.0596 e. The average molecular weight is 270 g/mol. The summed E-state index contributed by atoms with van der Waals surface area (Å²) < 4.78 is 0. The SMILES string of the molecule is CC(C)c1ccc2c(c1)CC[C@H]1C(C)(C)CCC[C@@]21C. The van der Waals surface area contributed by atoms with Gasteiger partial charge in [-0.25, -0.2) is 0 Å². The molecule has 1 fully saturated rings. The van der Waals surface area contributed by atoms with E-state index in [1.165, 1.54) is 37.7 Å². The van der Waals surface area contributed by atoms with Crippen LogP contribution in [0, 0.1) is 11.3 Å². The van der Waals surface area contributed by atoms with E-state index in [4.69, 9.17) is 0 Å². The lowest BCUT2D eigenvalue weighted by Gasteiger charge is -2.54. The van der Waals surface area contributed by atoms with E-state index in [2.05, 4.69) is 52.8 Å². The van der Waals surface area contributed by atoms with Gasteiger partial charge in [0.1, 0.15) is 0 Å². The van der Waals surface area contributed by atoms with Crippen LogP contribution in [-0.2, 0) is 11.8 Å². The fraction of sp³-hybridized carbons (Fsp3) is 0.700. The normalized spacial score (nSPS) is 31.8. The molecule has 3 rings (SSSR count). The van der Waals surface area contributed by atoms with Crippen molar-refractivity contribution in [2.45, 2.75) is 78.1 Å². The zero-order valence-electron chi connectivity index (χ0n) is 13.9. The molecule has 0 aromatic heterocycles. The molecule has 1 saturated carbocycles. The summed E-state index contributed by atoms with van der Waals surface area (Å²) in [6.45, 7) is 12.2. The molecule has 0 saturated heterocycles. The van der Waals surface area contributed by atoms with Crippen molar-refractivity contribution in [1.29, 1.82) is 0 Å². The van der Waals surface area contributed by atoms with Gasteiger partial charge in [-0.1, -0.05) is 59.2 Å². The molecule has 20 heavy (non-hydrogen) atoms. The molecule has 0 radical (unpaired) electrons. The van der Waals surface area contributed by atoms with E-state index in [0.717, 1.165) is 5.92 Å². The van der Waals surface area contributed by atoms with Crippen molar-refractivity contribution in [1.82, 2.24) is 0 Å². The molecule has 0 heterocycles. The predicted octanol–water partition coefficient (Wildman–Crippen LogP) is 5.84. The van der Waals surface area contributed by atoms with E-state index < -0.39 is 0 Å². The Morgan fingerprint density at radius 1 is 1.10 bits per heavy atom. The van der Waals surface area contributed by atoms with Crippen molar-refractivity contribution in [2.24, 2.45) is 11.3 Å². The maximum atomic E-state index is 2.55. The molecular weight excluding hydrogens is 240 g/mol. The van der Waals surface area contributed by atoms with E-state index in [0.29, 0.717) is 16.7 Å². The second-order valence-corrected chi connectivity index (χ2v) is 8.42. The van der Waals surface area contributed by atoms with E-state index in [1.807, 2.05) is 0 Å². The maximum Gasteiger partial charge on any atom is -0.00391 e. The van der Waals surface area contributed by atoms with Crippen LogP contribution in [-0.4, -0.2) is 0 Å². The van der Waals surface area contributed by atoms with Gasteiger partial charge in [0.25, 0.3) is 0 Å². The first-order valence-electron chi connectivity index (χ1n) is 8.48. The van der Waals surface area contributed by atoms with Crippen LogP contribution < -0.4 is 0 Å². The Morgan fingerprint density at radius 3 is 2.55 bits per heavy atom. The second kappa shape index (κ2) is 4.61. The predicted molar refractivity (Wildman–Crippen MR) is 87.3 cm³/mol. The topological polar surface area (TPSA) is 0 Å². The van der Waals surface area contributed by atoms with Crippen LogP contribution >= 0.6 is 0 Å². The lowest BCUT2D eigenvalue weighted by atomic mass is 9.50. The molecular formula is C20H30. The third-order valence-electron chi connectivity index (χ3n) is 6.34. The molecule has 2 atom stereocenters. The molecule has 0 bridgehead atoms. The summed E-state index contributed by atoms with van der Waals surface area (Å²) in [5.41, 5.74) is 5.77. The van der Waals surface area contributed by atoms with Crippen LogP contribution in [0.15, 0.2) is 18.2 Å². The Bertz CT molecular complexity index is 509. The fourth-order valence-electron chi connectivity index (χ4n) is 5.19. The molecule has 2 aliphatic carbocycles. The Balaban J connectivity index is 2.06. The van der Waals surface area contributed by atoms with Crippen molar-refractivity contribution in [2.75, 3.05) is 0 Å². The highest BCUT2D eigenvalue weighted by Gasteiger charge is 2.49. The molecule has 0 aliphatic heterocycles. The Labute approximate surface area is 125 Å². The lowest BCUT2D eigenvalue weighted by Crippen LogP contribution is -2.47. The summed E-state index contributed by atoms with van der Waals surface area (Å²) in [6.07, 6.45) is 6.87. The van der Waals surface area contributed by atoms with Crippen LogP contribution in [0.2, 0.25) is 0 Å². The van der Waals surface area contributed by atoms with E-state index in [9.17, 15) is 0 Å². The minimum Gasteiger partial charge on any atom is -0.0596 e. The Kier molecular flexibility index (Phi) is 3.27. The van der Waals surface area contributed by atoms with Gasteiger partial charge in [0.2, 0.25) is 0 Å². The highest BCUT2D eigenvalue weighted by molar-refractivity contribution is 5.42. The summed E-state index contributed by atoms with van der Waals surface area (Å²) >= 11 is 0. The Morgan fingerprint density at radius 2 is 1.85 bits per heavy atom. The zero-order valence-corrected chi connectivity index (χ0v) is 13.9. The van der Waals surface area contributed by atoms with Gasteiger partial charge >= 0.3 is 0 Å². The van der Waals surface area contributed by atoms with Crippen molar-refractivity contribution >= 4 is 0 Å². The van der Waals surface area contributed by atoms with Crippen LogP contribution in [0.5, 0.6) is 0 Å². The van der Waals surface area contributed by atoms with E-state index in [1.54, 1.807) is 11.1 Å². The monoisotopic (exact) mass is 270 g/mol. The van der Waals surface area contributed by atoms with Crippen molar-refractivity contribution in [3.63, 3.8) is 0 Å². The highest BCUT2D eigenvalue weighted by atomic mass is 14.5. The number of fused-ring (bicyclic) bond motifs is 3. The summed E-state index contributed by atoms with van der Waals surface area (Å²) in [6, 6.07) is 7.36. The lowest BCUT2D eigenvalue weighted by molar-refractivity contribution is 0.0407. The van der Waals surface area contributed by atoms with Crippen molar-refractivity contribution in [3.05, 3.63) is 34.9 Å². The van der Waals surface area contributed by atoms with Gasteiger partial charge < -0.3 is 0 Å². The van der Waals surface area contributed by atoms with Gasteiger partial charge in [-0.05, 0) is 65.0 Å². The smallest absolute Gasteiger partial charge is 0.00391 e. The molecule has 2 aliphatic rings. The number of rotatable bonds is 1. The van der Waals surface area contributed by atoms with Gasteiger partial charge in [-0.3, -0.25) is 0 Å². The fourth-order valence-corrected chi connectivity index (χ4v) is 5.19. The number of benzene rings is 1. The zero-order chi connectivity index (χ0) is 14.5. The first kappa shape index (κ1) is 14.2. The minimum atomic E-state index is 0.421. The van der Waals surface area contributed by atoms with E-state index in [-0.39, 0.29) is 0 Å². The van der Waals surface area contributed by atoms with Crippen LogP contribution in [0.4, 0.5) is 0 Å². The van der Waals surface area contributed by atoms with E-state index >= 15 is 0 Å². The standard InChI is InChI=1S/C20H30/c1-14(2)15-7-9-17-16(13-15)8-10-18-19(3,4)11-6-12-20(17,18)5/h7,9,13-14,18H,6,8,10-12H2,1-5H3/t18-,20-/m0/s1. The highest BCUT2D eigenvalue weighted by Crippen LogP contribution is 2.57. The van der Waals surface area contributed by atoms with Crippen LogP contribution in [0.25, 0.3) is 0 Å². The third-order valence-corrected chi connectivity index (χ3v) is 6.34. The molecule has 0 nitrogen and oxygen atoms in total. The average Bonchev–Trinajstić information content (AvgIpc) is 2.37. The summed E-state index contributed by atoms with van der Waals surface area (Å²) in [5.74, 6) is 1.51. The number of hydrogen-bond acceptors (Lipinski definition) is 0. The minimum absolute atomic E-state index is 0.421. The van der Waals surface area contributed by atoms with Gasteiger partial charge in [-0.15, -0.1) is 0 Å². The molecule has 0 spiro atoms. The maximum absolute atomic E-state index is 2.55. The third kappa shape index (κ3) is 2.03. The summed E-state index contributed by atoms with van der Waals surface area (Å²) in [4.78, 5) is 0. The molecule has 1 aromatic rings. The first-order valence-corrected chi connectivity index (χ1v) is 8.48. The van der Waals surface area contributed by atoms with Crippen molar-refractivity contribution < 1.29 is 0 Å². The summed E-state index contributed by atoms with van der Waals surface area (Å²) in [7, 11) is 0. The first-order chi connectivity index (χ1) is 9.34. The van der Waals surface area contributed by atoms with Gasteiger partial charge in [-0.2, -0.15) is 0 Å². The number of aryl methyl sites for hydroxylation is 1. The van der Waals surface area contributed by atoms with Crippen LogP contribution in [0.3, 0.4) is 0 Å². The van der Waals surface area contributed by atoms with Crippen molar-refractivity contribution in [3.8, 4) is 0 Å². The second-order valence-electron chi connectivity index (χ2n) is 8.42. The molecule has 110 valence electrons. The molecule has 0 unspecified atom stereocenters. The number of hydrogen-bond donors (Lipinski definition) is 0. The van der Waals surface area contributed by atoms with Crippen LogP contribution in [0.1, 0.15) is 82.9 Å². The van der Waals surface area contributed by atoms with Gasteiger partial charge in [0.15, 0.2) is 0 Å². The molecule has 0 heteroatoms. The molecule has 0 N–H and O–H groups in total. The molecule has 0 amide bonds. The molecule has 1 aromatic carbocycles.